The fourth-order valence-corrected chi connectivity index (χ4v) is 3.36. The minimum absolute atomic E-state index is 0.0570. The van der Waals surface area contributed by atoms with Crippen LogP contribution in [0.25, 0.3) is 16.5 Å². The number of anilines is 1. The summed E-state index contributed by atoms with van der Waals surface area (Å²) in [5, 5.41) is 17.3. The van der Waals surface area contributed by atoms with Crippen LogP contribution in [0.2, 0.25) is 0 Å². The predicted octanol–water partition coefficient (Wildman–Crippen LogP) is 5.00. The fourth-order valence-electron chi connectivity index (χ4n) is 3.36. The number of hydrogen-bond donors (Lipinski definition) is 1. The highest BCUT2D eigenvalue weighted by atomic mass is 16.6. The average molecular weight is 385 g/mol. The average Bonchev–Trinajstić information content (AvgIpc) is 3.01. The molecule has 1 N–H and O–H groups in total. The first-order valence-electron chi connectivity index (χ1n) is 9.10. The lowest BCUT2D eigenvalue weighted by Crippen LogP contribution is -2.00. The van der Waals surface area contributed by atoms with E-state index in [0.29, 0.717) is 5.82 Å². The number of aromatic nitrogens is 2. The van der Waals surface area contributed by atoms with Crippen LogP contribution in [-0.4, -0.2) is 20.7 Å². The van der Waals surface area contributed by atoms with Crippen molar-refractivity contribution in [2.24, 2.45) is 5.10 Å². The Kier molecular flexibility index (Phi) is 4.78. The molecule has 7 heteroatoms. The zero-order chi connectivity index (χ0) is 20.4. The molecule has 0 aliphatic rings. The number of nitrogens with one attached hydrogen (secondary N) is 1. The number of nitrogens with zero attached hydrogens (tertiary/aromatic N) is 4. The van der Waals surface area contributed by atoms with Gasteiger partial charge in [-0.05, 0) is 48.9 Å². The molecule has 0 fully saturated rings. The van der Waals surface area contributed by atoms with Gasteiger partial charge in [0.1, 0.15) is 12.0 Å². The van der Waals surface area contributed by atoms with Crippen LogP contribution >= 0.6 is 0 Å². The van der Waals surface area contributed by atoms with E-state index < -0.39 is 4.92 Å². The smallest absolute Gasteiger partial charge is 0.287 e. The molecule has 0 radical (unpaired) electrons. The zero-order valence-electron chi connectivity index (χ0n) is 16.0. The Morgan fingerprint density at radius 3 is 2.59 bits per heavy atom. The minimum Gasteiger partial charge on any atom is -0.318 e. The number of pyridine rings is 1. The number of nitro groups is 1. The van der Waals surface area contributed by atoms with Crippen LogP contribution in [0.4, 0.5) is 11.5 Å². The molecular weight excluding hydrogens is 366 g/mol. The standard InChI is InChI=1S/C22H19N5O2/c1-15-11-19(13-24-25-22-10-9-21(14-23-22)27(28)29)16(2)26(15)20-8-7-17-5-3-4-6-18(17)12-20/h3-14H,1-2H3,(H,23,25)/b24-13+. The summed E-state index contributed by atoms with van der Waals surface area (Å²) in [6.45, 7) is 4.11. The monoisotopic (exact) mass is 385 g/mol. The summed E-state index contributed by atoms with van der Waals surface area (Å²) < 4.78 is 2.19. The summed E-state index contributed by atoms with van der Waals surface area (Å²) in [5.41, 5.74) is 7.00. The van der Waals surface area contributed by atoms with Gasteiger partial charge in [-0.3, -0.25) is 15.5 Å². The Bertz CT molecular complexity index is 1230. The van der Waals surface area contributed by atoms with E-state index in [4.69, 9.17) is 0 Å². The van der Waals surface area contributed by atoms with Gasteiger partial charge >= 0.3 is 0 Å². The van der Waals surface area contributed by atoms with Gasteiger partial charge in [-0.25, -0.2) is 4.98 Å². The maximum atomic E-state index is 10.7. The molecule has 4 rings (SSSR count). The number of hydrogen-bond acceptors (Lipinski definition) is 5. The van der Waals surface area contributed by atoms with Gasteiger partial charge in [-0.1, -0.05) is 30.3 Å². The normalized spacial score (nSPS) is 11.2. The van der Waals surface area contributed by atoms with E-state index >= 15 is 0 Å². The maximum absolute atomic E-state index is 10.7. The van der Waals surface area contributed by atoms with E-state index in [2.05, 4.69) is 63.4 Å². The van der Waals surface area contributed by atoms with Crippen molar-refractivity contribution in [2.45, 2.75) is 13.8 Å². The first kappa shape index (κ1) is 18.4. The van der Waals surface area contributed by atoms with E-state index in [0.717, 1.165) is 22.6 Å². The Labute approximate surface area is 167 Å². The van der Waals surface area contributed by atoms with Gasteiger partial charge in [-0.2, -0.15) is 5.10 Å². The van der Waals surface area contributed by atoms with Crippen molar-refractivity contribution < 1.29 is 4.92 Å². The molecule has 0 aliphatic carbocycles. The van der Waals surface area contributed by atoms with E-state index in [1.54, 1.807) is 6.21 Å². The fraction of sp³-hybridized carbons (Fsp3) is 0.0909. The Hall–Kier alpha value is -4.00. The third-order valence-corrected chi connectivity index (χ3v) is 4.80. The van der Waals surface area contributed by atoms with Crippen LogP contribution in [0.1, 0.15) is 17.0 Å². The van der Waals surface area contributed by atoms with E-state index in [-0.39, 0.29) is 5.69 Å². The number of benzene rings is 2. The zero-order valence-corrected chi connectivity index (χ0v) is 16.0. The van der Waals surface area contributed by atoms with Crippen LogP contribution in [0.3, 0.4) is 0 Å². The van der Waals surface area contributed by atoms with Crippen molar-refractivity contribution in [3.8, 4) is 5.69 Å². The predicted molar refractivity (Wildman–Crippen MR) is 115 cm³/mol. The van der Waals surface area contributed by atoms with Crippen molar-refractivity contribution >= 4 is 28.5 Å². The molecule has 2 aromatic carbocycles. The molecule has 4 aromatic rings. The van der Waals surface area contributed by atoms with Crippen LogP contribution in [0, 0.1) is 24.0 Å². The summed E-state index contributed by atoms with van der Waals surface area (Å²) >= 11 is 0. The molecule has 0 amide bonds. The van der Waals surface area contributed by atoms with Crippen molar-refractivity contribution in [1.29, 1.82) is 0 Å². The van der Waals surface area contributed by atoms with Crippen LogP contribution in [-0.2, 0) is 0 Å². The molecule has 144 valence electrons. The summed E-state index contributed by atoms with van der Waals surface area (Å²) in [7, 11) is 0. The molecular formula is C22H19N5O2. The van der Waals surface area contributed by atoms with Crippen LogP contribution < -0.4 is 5.43 Å². The first-order valence-corrected chi connectivity index (χ1v) is 9.10. The molecule has 2 heterocycles. The largest absolute Gasteiger partial charge is 0.318 e. The highest BCUT2D eigenvalue weighted by Crippen LogP contribution is 2.23. The lowest BCUT2D eigenvalue weighted by atomic mass is 10.1. The topological polar surface area (TPSA) is 85.3 Å². The Morgan fingerprint density at radius 1 is 1.07 bits per heavy atom. The first-order chi connectivity index (χ1) is 14.0. The molecule has 29 heavy (non-hydrogen) atoms. The minimum atomic E-state index is -0.484. The van der Waals surface area contributed by atoms with Crippen molar-refractivity contribution in [1.82, 2.24) is 9.55 Å². The summed E-state index contributed by atoms with van der Waals surface area (Å²) in [6.07, 6.45) is 2.92. The second-order valence-electron chi connectivity index (χ2n) is 6.72. The quantitative estimate of drug-likeness (QED) is 0.298. The van der Waals surface area contributed by atoms with Gasteiger partial charge in [-0.15, -0.1) is 0 Å². The van der Waals surface area contributed by atoms with Crippen molar-refractivity contribution in [3.63, 3.8) is 0 Å². The van der Waals surface area contributed by atoms with E-state index in [9.17, 15) is 10.1 Å². The maximum Gasteiger partial charge on any atom is 0.287 e. The molecule has 0 unspecified atom stereocenters. The molecule has 2 aromatic heterocycles. The summed E-state index contributed by atoms with van der Waals surface area (Å²) in [5.74, 6) is 0.440. The molecule has 0 atom stereocenters. The lowest BCUT2D eigenvalue weighted by Gasteiger charge is -2.11. The van der Waals surface area contributed by atoms with Gasteiger partial charge < -0.3 is 4.57 Å². The second-order valence-corrected chi connectivity index (χ2v) is 6.72. The van der Waals surface area contributed by atoms with Crippen LogP contribution in [0.5, 0.6) is 0 Å². The second kappa shape index (κ2) is 7.55. The third-order valence-electron chi connectivity index (χ3n) is 4.80. The van der Waals surface area contributed by atoms with Crippen molar-refractivity contribution in [2.75, 3.05) is 5.43 Å². The third kappa shape index (κ3) is 3.70. The highest BCUT2D eigenvalue weighted by molar-refractivity contribution is 5.85. The number of aryl methyl sites for hydroxylation is 1. The molecule has 0 aliphatic heterocycles. The molecule has 0 saturated heterocycles. The number of hydrazone groups is 1. The van der Waals surface area contributed by atoms with Gasteiger partial charge in [0.25, 0.3) is 5.69 Å². The van der Waals surface area contributed by atoms with Crippen LogP contribution in [0.15, 0.2) is 72.0 Å². The summed E-state index contributed by atoms with van der Waals surface area (Å²) in [4.78, 5) is 14.2. The lowest BCUT2D eigenvalue weighted by molar-refractivity contribution is -0.385. The van der Waals surface area contributed by atoms with E-state index in [1.165, 1.54) is 29.1 Å². The number of fused-ring (bicyclic) bond motifs is 1. The Morgan fingerprint density at radius 2 is 1.86 bits per heavy atom. The van der Waals surface area contributed by atoms with Gasteiger partial charge in [0.05, 0.1) is 11.1 Å². The van der Waals surface area contributed by atoms with Gasteiger partial charge in [0, 0.05) is 28.7 Å². The molecule has 0 spiro atoms. The van der Waals surface area contributed by atoms with Gasteiger partial charge in [0.2, 0.25) is 0 Å². The van der Waals surface area contributed by atoms with Gasteiger partial charge in [0.15, 0.2) is 0 Å². The molecule has 7 nitrogen and oxygen atoms in total. The highest BCUT2D eigenvalue weighted by Gasteiger charge is 2.10. The molecule has 0 bridgehead atoms. The Balaban J connectivity index is 1.57. The summed E-state index contributed by atoms with van der Waals surface area (Å²) in [6, 6.07) is 19.7. The van der Waals surface area contributed by atoms with Crippen molar-refractivity contribution in [3.05, 3.63) is 93.9 Å². The van der Waals surface area contributed by atoms with E-state index in [1.807, 2.05) is 19.1 Å². The number of rotatable bonds is 5. The molecule has 0 saturated carbocycles. The SMILES string of the molecule is Cc1cc(/C=N/Nc2ccc([N+](=O)[O-])cn2)c(C)n1-c1ccc2ccccc2c1.